The van der Waals surface area contributed by atoms with Gasteiger partial charge in [0.2, 0.25) is 21.9 Å². The van der Waals surface area contributed by atoms with Crippen molar-refractivity contribution < 1.29 is 30.9 Å². The van der Waals surface area contributed by atoms with Crippen molar-refractivity contribution in [3.05, 3.63) is 70.4 Å². The molecule has 9 heteroatoms. The fraction of sp³-hybridized carbons (Fsp3) is 0.370. The summed E-state index contributed by atoms with van der Waals surface area (Å²) in [5.41, 5.74) is 8.06. The van der Waals surface area contributed by atoms with Crippen LogP contribution in [0.25, 0.3) is 17.2 Å². The molecular weight excluding hydrogens is 480 g/mol. The zero-order chi connectivity index (χ0) is 26.6. The Balaban J connectivity index is 0.000000454. The van der Waals surface area contributed by atoms with Crippen LogP contribution in [0.2, 0.25) is 0 Å². The Kier molecular flexibility index (Phi) is 8.60. The van der Waals surface area contributed by atoms with Gasteiger partial charge in [0.1, 0.15) is 6.54 Å². The molecule has 2 aromatic carbocycles. The second-order valence-electron chi connectivity index (χ2n) is 8.57. The van der Waals surface area contributed by atoms with Crippen LogP contribution in [0, 0.1) is 27.7 Å². The summed E-state index contributed by atoms with van der Waals surface area (Å²) in [6.45, 7) is 15.8. The van der Waals surface area contributed by atoms with Crippen LogP contribution in [0.15, 0.2) is 46.7 Å². The van der Waals surface area contributed by atoms with E-state index in [-0.39, 0.29) is 6.61 Å². The second-order valence-corrected chi connectivity index (χ2v) is 9.62. The van der Waals surface area contributed by atoms with Crippen LogP contribution in [0.3, 0.4) is 0 Å². The fourth-order valence-electron chi connectivity index (χ4n) is 4.34. The number of rotatable bonds is 6. The molecule has 0 saturated carbocycles. The SMILES string of the molecule is CCN1/C(=C\C=C\c2oc3c(C)cc(C)cc3[n+]2CC)Oc2c(C)cc(C)cc21.CCOS(=O)(=O)[O-]. The van der Waals surface area contributed by atoms with Crippen LogP contribution in [0.1, 0.15) is 48.9 Å². The van der Waals surface area contributed by atoms with E-state index in [0.29, 0.717) is 0 Å². The highest BCUT2D eigenvalue weighted by Crippen LogP contribution is 2.42. The molecule has 0 unspecified atom stereocenters. The lowest BCUT2D eigenvalue weighted by Crippen LogP contribution is -2.33. The van der Waals surface area contributed by atoms with Crippen LogP contribution in [-0.4, -0.2) is 26.1 Å². The van der Waals surface area contributed by atoms with Crippen LogP contribution in [0.5, 0.6) is 5.75 Å². The minimum atomic E-state index is -4.42. The van der Waals surface area contributed by atoms with Gasteiger partial charge in [-0.2, -0.15) is 4.57 Å². The average Bonchev–Trinajstić information content (AvgIpc) is 3.31. The van der Waals surface area contributed by atoms with Crippen molar-refractivity contribution in [3.8, 4) is 5.75 Å². The summed E-state index contributed by atoms with van der Waals surface area (Å²) < 4.78 is 46.6. The maximum absolute atomic E-state index is 9.45. The molecule has 0 radical (unpaired) electrons. The number of aryl methyl sites for hydroxylation is 5. The molecule has 0 saturated heterocycles. The van der Waals surface area contributed by atoms with Crippen molar-refractivity contribution in [2.45, 2.75) is 55.0 Å². The lowest BCUT2D eigenvalue weighted by molar-refractivity contribution is -0.674. The molecule has 0 N–H and O–H groups in total. The van der Waals surface area contributed by atoms with Gasteiger partial charge < -0.3 is 18.6 Å². The number of oxazole rings is 1. The summed E-state index contributed by atoms with van der Waals surface area (Å²) in [6.07, 6.45) is 6.05. The van der Waals surface area contributed by atoms with E-state index in [9.17, 15) is 13.0 Å². The first-order valence-electron chi connectivity index (χ1n) is 12.0. The fourth-order valence-corrected chi connectivity index (χ4v) is 4.63. The standard InChI is InChI=1S/C25H29N2O2.C2H6O4S/c1-7-26-20-14-16(3)12-18(5)24(20)28-22(26)10-9-11-23-27(8-2)21-15-17(4)13-19(6)25(21)29-23;1-2-6-7(3,4)5/h9-15H,7-8H2,1-6H3;2H2,1H3,(H,3,4,5)/q+1;/p-1. The van der Waals surface area contributed by atoms with Crippen LogP contribution in [-0.2, 0) is 21.1 Å². The Bertz CT molecular complexity index is 1420. The van der Waals surface area contributed by atoms with Crippen molar-refractivity contribution in [2.24, 2.45) is 0 Å². The summed E-state index contributed by atoms with van der Waals surface area (Å²) in [6, 6.07) is 8.69. The lowest BCUT2D eigenvalue weighted by Gasteiger charge is -2.15. The van der Waals surface area contributed by atoms with Gasteiger partial charge in [-0.15, -0.1) is 0 Å². The third-order valence-corrected chi connectivity index (χ3v) is 6.22. The number of ether oxygens (including phenoxy) is 1. The summed E-state index contributed by atoms with van der Waals surface area (Å²) in [4.78, 5) is 2.21. The van der Waals surface area contributed by atoms with Gasteiger partial charge in [0.15, 0.2) is 5.75 Å². The minimum Gasteiger partial charge on any atom is -0.726 e. The molecule has 1 aliphatic heterocycles. The van der Waals surface area contributed by atoms with Crippen molar-refractivity contribution in [1.82, 2.24) is 0 Å². The second kappa shape index (κ2) is 11.3. The Labute approximate surface area is 213 Å². The molecular formula is C27H34N2O6S. The molecule has 1 aromatic heterocycles. The molecule has 3 aromatic rings. The first kappa shape index (κ1) is 27.4. The Morgan fingerprint density at radius 1 is 1.03 bits per heavy atom. The lowest BCUT2D eigenvalue weighted by atomic mass is 10.1. The number of fused-ring (bicyclic) bond motifs is 2. The molecule has 0 aliphatic carbocycles. The normalized spacial score (nSPS) is 14.3. The van der Waals surface area contributed by atoms with E-state index in [1.165, 1.54) is 18.1 Å². The van der Waals surface area contributed by atoms with Gasteiger partial charge >= 0.3 is 5.89 Å². The highest BCUT2D eigenvalue weighted by molar-refractivity contribution is 7.80. The molecule has 0 spiro atoms. The Morgan fingerprint density at radius 3 is 2.28 bits per heavy atom. The number of allylic oxidation sites excluding steroid dienone is 2. The smallest absolute Gasteiger partial charge is 0.374 e. The maximum atomic E-state index is 9.45. The molecule has 36 heavy (non-hydrogen) atoms. The number of hydrogen-bond donors (Lipinski definition) is 0. The first-order chi connectivity index (χ1) is 17.0. The van der Waals surface area contributed by atoms with Gasteiger partial charge in [0.05, 0.1) is 18.4 Å². The highest BCUT2D eigenvalue weighted by Gasteiger charge is 2.26. The van der Waals surface area contributed by atoms with E-state index in [2.05, 4.69) is 79.5 Å². The number of benzene rings is 2. The minimum absolute atomic E-state index is 0.0914. The molecule has 0 amide bonds. The Morgan fingerprint density at radius 2 is 1.69 bits per heavy atom. The van der Waals surface area contributed by atoms with E-state index in [0.717, 1.165) is 58.5 Å². The van der Waals surface area contributed by atoms with E-state index >= 15 is 0 Å². The van der Waals surface area contributed by atoms with Crippen molar-refractivity contribution >= 4 is 33.3 Å². The quantitative estimate of drug-likeness (QED) is 0.252. The molecule has 0 atom stereocenters. The van der Waals surface area contributed by atoms with E-state index in [1.54, 1.807) is 0 Å². The predicted molar refractivity (Wildman–Crippen MR) is 140 cm³/mol. The highest BCUT2D eigenvalue weighted by atomic mass is 32.3. The number of aromatic nitrogens is 1. The zero-order valence-electron chi connectivity index (χ0n) is 21.9. The monoisotopic (exact) mass is 514 g/mol. The largest absolute Gasteiger partial charge is 0.726 e. The number of nitrogens with zero attached hydrogens (tertiary/aromatic N) is 2. The first-order valence-corrected chi connectivity index (χ1v) is 13.3. The predicted octanol–water partition coefficient (Wildman–Crippen LogP) is 5.23. The van der Waals surface area contributed by atoms with Crippen LogP contribution < -0.4 is 14.2 Å². The molecule has 194 valence electrons. The van der Waals surface area contributed by atoms with Crippen LogP contribution in [0.4, 0.5) is 5.69 Å². The summed E-state index contributed by atoms with van der Waals surface area (Å²) >= 11 is 0. The van der Waals surface area contributed by atoms with E-state index < -0.39 is 10.4 Å². The third-order valence-electron chi connectivity index (χ3n) is 5.70. The summed E-state index contributed by atoms with van der Waals surface area (Å²) in [5, 5.41) is 0. The van der Waals surface area contributed by atoms with E-state index in [1.807, 2.05) is 18.2 Å². The van der Waals surface area contributed by atoms with Gasteiger partial charge in [0.25, 0.3) is 5.52 Å². The van der Waals surface area contributed by atoms with Crippen molar-refractivity contribution in [2.75, 3.05) is 18.1 Å². The van der Waals surface area contributed by atoms with E-state index in [4.69, 9.17) is 9.15 Å². The van der Waals surface area contributed by atoms with Crippen LogP contribution >= 0.6 is 0 Å². The summed E-state index contributed by atoms with van der Waals surface area (Å²) in [5.74, 6) is 2.65. The molecule has 0 bridgehead atoms. The zero-order valence-corrected chi connectivity index (χ0v) is 22.7. The third kappa shape index (κ3) is 6.16. The van der Waals surface area contributed by atoms with Gasteiger partial charge in [-0.1, -0.05) is 12.1 Å². The molecule has 4 rings (SSSR count). The van der Waals surface area contributed by atoms with Crippen molar-refractivity contribution in [3.63, 3.8) is 0 Å². The number of anilines is 1. The van der Waals surface area contributed by atoms with Crippen molar-refractivity contribution in [1.29, 1.82) is 0 Å². The molecule has 1 aliphatic rings. The van der Waals surface area contributed by atoms with Gasteiger partial charge in [0, 0.05) is 12.6 Å². The topological polar surface area (TPSA) is 95.9 Å². The van der Waals surface area contributed by atoms with Gasteiger partial charge in [-0.3, -0.25) is 4.18 Å². The molecule has 2 heterocycles. The number of hydrogen-bond acceptors (Lipinski definition) is 7. The van der Waals surface area contributed by atoms with Gasteiger partial charge in [-0.05, 0) is 88.9 Å². The Hall–Kier alpha value is -3.14. The van der Waals surface area contributed by atoms with Gasteiger partial charge in [-0.25, -0.2) is 8.42 Å². The molecule has 0 fully saturated rings. The molecule has 8 nitrogen and oxygen atoms in total. The average molecular weight is 515 g/mol. The maximum Gasteiger partial charge on any atom is 0.374 e. The summed E-state index contributed by atoms with van der Waals surface area (Å²) in [7, 11) is -4.42.